The van der Waals surface area contributed by atoms with Gasteiger partial charge in [-0.2, -0.15) is 23.5 Å². The van der Waals surface area contributed by atoms with E-state index in [0.717, 1.165) is 28.6 Å². The first-order chi connectivity index (χ1) is 8.79. The van der Waals surface area contributed by atoms with Crippen molar-refractivity contribution in [2.45, 2.75) is 11.8 Å². The van der Waals surface area contributed by atoms with Crippen LogP contribution in [0.15, 0.2) is 22.7 Å². The van der Waals surface area contributed by atoms with Gasteiger partial charge in [0.15, 0.2) is 0 Å². The first kappa shape index (κ1) is 14.6. The number of benzene rings is 1. The highest BCUT2D eigenvalue weighted by Gasteiger charge is 2.13. The molecule has 1 aliphatic rings. The van der Waals surface area contributed by atoms with Crippen LogP contribution in [0.4, 0.5) is 0 Å². The van der Waals surface area contributed by atoms with Crippen molar-refractivity contribution >= 4 is 39.5 Å². The maximum absolute atomic E-state index is 5.25. The van der Waals surface area contributed by atoms with E-state index >= 15 is 0 Å². The van der Waals surface area contributed by atoms with E-state index in [1.54, 1.807) is 7.11 Å². The highest BCUT2D eigenvalue weighted by Crippen LogP contribution is 2.24. The number of methoxy groups -OCH3 is 1. The molecule has 18 heavy (non-hydrogen) atoms. The normalized spacial score (nSPS) is 19.8. The molecule has 0 bridgehead atoms. The van der Waals surface area contributed by atoms with Crippen molar-refractivity contribution < 1.29 is 4.74 Å². The van der Waals surface area contributed by atoms with Gasteiger partial charge in [0.1, 0.15) is 5.75 Å². The monoisotopic (exact) mass is 347 g/mol. The third-order valence-electron chi connectivity index (χ3n) is 2.83. The van der Waals surface area contributed by atoms with Gasteiger partial charge >= 0.3 is 0 Å². The van der Waals surface area contributed by atoms with E-state index in [9.17, 15) is 0 Å². The minimum atomic E-state index is 0.758. The standard InChI is InChI=1S/C13H18BrNOS2/c1-16-11-2-3-13(14)10(6-11)7-15-8-12-9-17-4-5-18-12/h2-3,6,12,15H,4-5,7-9H2,1H3. The van der Waals surface area contributed by atoms with Gasteiger partial charge in [0, 0.05) is 40.1 Å². The van der Waals surface area contributed by atoms with Crippen LogP contribution in [0, 0.1) is 0 Å². The number of thioether (sulfide) groups is 2. The average molecular weight is 348 g/mol. The van der Waals surface area contributed by atoms with Crippen LogP contribution in [0.2, 0.25) is 0 Å². The predicted molar refractivity (Wildman–Crippen MR) is 86.0 cm³/mol. The first-order valence-corrected chi connectivity index (χ1v) is 9.01. The molecule has 1 aromatic rings. The fourth-order valence-corrected chi connectivity index (χ4v) is 4.87. The molecule has 100 valence electrons. The molecule has 2 nitrogen and oxygen atoms in total. The molecule has 2 rings (SSSR count). The van der Waals surface area contributed by atoms with E-state index in [1.165, 1.54) is 22.8 Å². The van der Waals surface area contributed by atoms with Crippen molar-refractivity contribution in [1.82, 2.24) is 5.32 Å². The highest BCUT2D eigenvalue weighted by atomic mass is 79.9. The van der Waals surface area contributed by atoms with Gasteiger partial charge in [-0.3, -0.25) is 0 Å². The quantitative estimate of drug-likeness (QED) is 0.880. The largest absolute Gasteiger partial charge is 0.497 e. The van der Waals surface area contributed by atoms with Crippen LogP contribution in [0.25, 0.3) is 0 Å². The van der Waals surface area contributed by atoms with Crippen LogP contribution in [0.1, 0.15) is 5.56 Å². The summed E-state index contributed by atoms with van der Waals surface area (Å²) >= 11 is 7.74. The number of rotatable bonds is 5. The van der Waals surface area contributed by atoms with E-state index in [-0.39, 0.29) is 0 Å². The molecule has 1 heterocycles. The van der Waals surface area contributed by atoms with Gasteiger partial charge in [0.25, 0.3) is 0 Å². The molecule has 0 radical (unpaired) electrons. The zero-order valence-corrected chi connectivity index (χ0v) is 13.7. The van der Waals surface area contributed by atoms with E-state index in [0.29, 0.717) is 0 Å². The summed E-state index contributed by atoms with van der Waals surface area (Å²) in [7, 11) is 1.70. The lowest BCUT2D eigenvalue weighted by molar-refractivity contribution is 0.414. The lowest BCUT2D eigenvalue weighted by atomic mass is 10.2. The number of nitrogens with one attached hydrogen (secondary N) is 1. The van der Waals surface area contributed by atoms with Crippen molar-refractivity contribution in [2.75, 3.05) is 30.9 Å². The summed E-state index contributed by atoms with van der Waals surface area (Å²) in [5, 5.41) is 4.30. The van der Waals surface area contributed by atoms with Gasteiger partial charge in [-0.15, -0.1) is 0 Å². The molecule has 0 aromatic heterocycles. The molecule has 5 heteroatoms. The fraction of sp³-hybridized carbons (Fsp3) is 0.538. The Morgan fingerprint density at radius 3 is 3.06 bits per heavy atom. The molecule has 0 aliphatic carbocycles. The SMILES string of the molecule is COc1ccc(Br)c(CNCC2CSCCS2)c1. The number of ether oxygens (including phenoxy) is 1. The van der Waals surface area contributed by atoms with Crippen LogP contribution in [-0.2, 0) is 6.54 Å². The Labute approximate surface area is 126 Å². The Bertz CT molecular complexity index is 383. The lowest BCUT2D eigenvalue weighted by Crippen LogP contribution is -2.28. The minimum absolute atomic E-state index is 0.758. The number of hydrogen-bond donors (Lipinski definition) is 1. The van der Waals surface area contributed by atoms with Gasteiger partial charge in [0.05, 0.1) is 7.11 Å². The smallest absolute Gasteiger partial charge is 0.119 e. The topological polar surface area (TPSA) is 21.3 Å². The van der Waals surface area contributed by atoms with Crippen LogP contribution >= 0.6 is 39.5 Å². The lowest BCUT2D eigenvalue weighted by Gasteiger charge is -2.21. The minimum Gasteiger partial charge on any atom is -0.497 e. The zero-order chi connectivity index (χ0) is 12.8. The number of halogens is 1. The molecule has 1 N–H and O–H groups in total. The van der Waals surface area contributed by atoms with Gasteiger partial charge in [-0.25, -0.2) is 0 Å². The molecule has 0 spiro atoms. The molecule has 1 unspecified atom stereocenters. The Morgan fingerprint density at radius 2 is 2.33 bits per heavy atom. The van der Waals surface area contributed by atoms with E-state index in [1.807, 2.05) is 12.1 Å². The molecule has 1 aliphatic heterocycles. The molecule has 0 amide bonds. The average Bonchev–Trinajstić information content (AvgIpc) is 2.42. The maximum atomic E-state index is 5.25. The van der Waals surface area contributed by atoms with Crippen molar-refractivity contribution in [3.63, 3.8) is 0 Å². The third-order valence-corrected chi connectivity index (χ3v) is 6.44. The second-order valence-electron chi connectivity index (χ2n) is 4.16. The van der Waals surface area contributed by atoms with Gasteiger partial charge < -0.3 is 10.1 Å². The van der Waals surface area contributed by atoms with Crippen LogP contribution in [0.3, 0.4) is 0 Å². The third kappa shape index (κ3) is 4.37. The predicted octanol–water partition coefficient (Wildman–Crippen LogP) is 3.40. The van der Waals surface area contributed by atoms with Gasteiger partial charge in [-0.05, 0) is 23.8 Å². The summed E-state index contributed by atoms with van der Waals surface area (Å²) in [6.07, 6.45) is 0. The summed E-state index contributed by atoms with van der Waals surface area (Å²) in [5.74, 6) is 4.79. The van der Waals surface area contributed by atoms with Crippen molar-refractivity contribution in [2.24, 2.45) is 0 Å². The Hall–Kier alpha value is 0.160. The van der Waals surface area contributed by atoms with E-state index in [4.69, 9.17) is 4.74 Å². The Kier molecular flexibility index (Phi) is 6.21. The van der Waals surface area contributed by atoms with E-state index < -0.39 is 0 Å². The van der Waals surface area contributed by atoms with Crippen molar-refractivity contribution in [1.29, 1.82) is 0 Å². The molecular weight excluding hydrogens is 330 g/mol. The van der Waals surface area contributed by atoms with Crippen LogP contribution in [-0.4, -0.2) is 36.2 Å². The van der Waals surface area contributed by atoms with Crippen molar-refractivity contribution in [3.05, 3.63) is 28.2 Å². The summed E-state index contributed by atoms with van der Waals surface area (Å²) in [5.41, 5.74) is 1.25. The fourth-order valence-electron chi connectivity index (χ4n) is 1.84. The summed E-state index contributed by atoms with van der Waals surface area (Å²) in [6.45, 7) is 1.97. The number of hydrogen-bond acceptors (Lipinski definition) is 4. The highest BCUT2D eigenvalue weighted by molar-refractivity contribution is 9.10. The first-order valence-electron chi connectivity index (χ1n) is 6.02. The van der Waals surface area contributed by atoms with Gasteiger partial charge in [0.2, 0.25) is 0 Å². The van der Waals surface area contributed by atoms with Crippen LogP contribution in [0.5, 0.6) is 5.75 Å². The second-order valence-corrected chi connectivity index (χ2v) is 7.57. The molecule has 0 saturated carbocycles. The molecule has 1 aromatic carbocycles. The zero-order valence-electron chi connectivity index (χ0n) is 10.4. The Morgan fingerprint density at radius 1 is 1.44 bits per heavy atom. The molecular formula is C13H18BrNOS2. The molecule has 1 saturated heterocycles. The van der Waals surface area contributed by atoms with Crippen LogP contribution < -0.4 is 10.1 Å². The summed E-state index contributed by atoms with van der Waals surface area (Å²) in [6, 6.07) is 6.10. The van der Waals surface area contributed by atoms with E-state index in [2.05, 4.69) is 50.8 Å². The maximum Gasteiger partial charge on any atom is 0.119 e. The summed E-state index contributed by atoms with van der Waals surface area (Å²) in [4.78, 5) is 0. The second kappa shape index (κ2) is 7.68. The molecule has 1 fully saturated rings. The van der Waals surface area contributed by atoms with Crippen molar-refractivity contribution in [3.8, 4) is 5.75 Å². The molecule has 1 atom stereocenters. The summed E-state index contributed by atoms with van der Waals surface area (Å²) < 4.78 is 6.39. The Balaban J connectivity index is 1.81. The van der Waals surface area contributed by atoms with Gasteiger partial charge in [-0.1, -0.05) is 15.9 Å².